The van der Waals surface area contributed by atoms with Gasteiger partial charge in [-0.15, -0.1) is 11.8 Å². The summed E-state index contributed by atoms with van der Waals surface area (Å²) in [5.74, 6) is 0. The number of H-pyrrole nitrogens is 1. The Labute approximate surface area is 102 Å². The first-order chi connectivity index (χ1) is 6.22. The quantitative estimate of drug-likeness (QED) is 0.614. The van der Waals surface area contributed by atoms with Gasteiger partial charge in [0, 0.05) is 14.8 Å². The lowest BCUT2D eigenvalue weighted by Crippen LogP contribution is -1.76. The molecule has 68 valence electrons. The molecular formula is C8H6BrIN2S. The fourth-order valence-corrected chi connectivity index (χ4v) is 2.91. The SMILES string of the molecule is CSc1cc(Br)cc2c(I)[nH]nc12. The zero-order valence-electron chi connectivity index (χ0n) is 6.77. The molecule has 0 bridgehead atoms. The highest BCUT2D eigenvalue weighted by molar-refractivity contribution is 14.1. The van der Waals surface area contributed by atoms with Crippen LogP contribution in [0.2, 0.25) is 0 Å². The summed E-state index contributed by atoms with van der Waals surface area (Å²) in [6, 6.07) is 4.17. The van der Waals surface area contributed by atoms with Gasteiger partial charge in [-0.2, -0.15) is 5.10 Å². The zero-order chi connectivity index (χ0) is 9.42. The number of aromatic nitrogens is 2. The molecule has 1 heterocycles. The van der Waals surface area contributed by atoms with Crippen molar-refractivity contribution in [3.8, 4) is 0 Å². The minimum atomic E-state index is 1.06. The molecule has 0 aliphatic carbocycles. The molecule has 0 fully saturated rings. The second kappa shape index (κ2) is 3.78. The summed E-state index contributed by atoms with van der Waals surface area (Å²) in [5, 5.41) is 8.42. The van der Waals surface area contributed by atoms with Crippen LogP contribution in [0.25, 0.3) is 10.9 Å². The van der Waals surface area contributed by atoms with E-state index < -0.39 is 0 Å². The maximum Gasteiger partial charge on any atom is 0.107 e. The molecular weight excluding hydrogens is 363 g/mol. The Hall–Kier alpha value is 0.250. The minimum absolute atomic E-state index is 1.06. The van der Waals surface area contributed by atoms with E-state index in [0.717, 1.165) is 13.7 Å². The second-order valence-corrected chi connectivity index (χ2v) is 5.38. The molecule has 0 radical (unpaired) electrons. The molecule has 1 N–H and O–H groups in total. The number of fused-ring (bicyclic) bond motifs is 1. The van der Waals surface area contributed by atoms with E-state index >= 15 is 0 Å². The Morgan fingerprint density at radius 1 is 1.54 bits per heavy atom. The van der Waals surface area contributed by atoms with Gasteiger partial charge >= 0.3 is 0 Å². The summed E-state index contributed by atoms with van der Waals surface area (Å²) in [4.78, 5) is 1.20. The number of rotatable bonds is 1. The molecule has 0 unspecified atom stereocenters. The molecule has 0 amide bonds. The van der Waals surface area contributed by atoms with Crippen LogP contribution in [0.3, 0.4) is 0 Å². The number of thioether (sulfide) groups is 1. The highest BCUT2D eigenvalue weighted by atomic mass is 127. The van der Waals surface area contributed by atoms with E-state index in [0.29, 0.717) is 0 Å². The van der Waals surface area contributed by atoms with Gasteiger partial charge < -0.3 is 0 Å². The maximum absolute atomic E-state index is 4.26. The van der Waals surface area contributed by atoms with Gasteiger partial charge in [0.1, 0.15) is 9.22 Å². The Kier molecular flexibility index (Phi) is 2.85. The van der Waals surface area contributed by atoms with E-state index in [4.69, 9.17) is 0 Å². The van der Waals surface area contributed by atoms with Crippen LogP contribution in [0.1, 0.15) is 0 Å². The molecule has 1 aromatic heterocycles. The summed E-state index contributed by atoms with van der Waals surface area (Å²) >= 11 is 7.45. The van der Waals surface area contributed by atoms with Crippen LogP contribution in [0.5, 0.6) is 0 Å². The van der Waals surface area contributed by atoms with E-state index in [1.165, 1.54) is 10.3 Å². The number of nitrogens with one attached hydrogen (secondary N) is 1. The van der Waals surface area contributed by atoms with Gasteiger partial charge in [-0.3, -0.25) is 5.10 Å². The van der Waals surface area contributed by atoms with Crippen molar-refractivity contribution in [2.75, 3.05) is 6.26 Å². The van der Waals surface area contributed by atoms with Crippen molar-refractivity contribution < 1.29 is 0 Å². The van der Waals surface area contributed by atoms with E-state index in [2.05, 4.69) is 67.1 Å². The normalized spacial score (nSPS) is 11.0. The number of halogens is 2. The number of hydrogen-bond acceptors (Lipinski definition) is 2. The van der Waals surface area contributed by atoms with Gasteiger partial charge in [-0.25, -0.2) is 0 Å². The minimum Gasteiger partial charge on any atom is -0.271 e. The predicted molar refractivity (Wildman–Crippen MR) is 68.3 cm³/mol. The highest BCUT2D eigenvalue weighted by Gasteiger charge is 2.07. The van der Waals surface area contributed by atoms with Crippen LogP contribution in [0, 0.1) is 3.70 Å². The van der Waals surface area contributed by atoms with Gasteiger partial charge in [0.05, 0.1) is 0 Å². The van der Waals surface area contributed by atoms with Crippen LogP contribution in [0.15, 0.2) is 21.5 Å². The summed E-state index contributed by atoms with van der Waals surface area (Å²) in [7, 11) is 0. The molecule has 2 nitrogen and oxygen atoms in total. The van der Waals surface area contributed by atoms with Crippen molar-refractivity contribution in [3.05, 3.63) is 20.3 Å². The molecule has 0 saturated heterocycles. The third-order valence-electron chi connectivity index (χ3n) is 1.76. The topological polar surface area (TPSA) is 28.7 Å². The summed E-state index contributed by atoms with van der Waals surface area (Å²) in [6.45, 7) is 0. The van der Waals surface area contributed by atoms with Gasteiger partial charge in [0.15, 0.2) is 0 Å². The van der Waals surface area contributed by atoms with E-state index in [1.54, 1.807) is 11.8 Å². The first-order valence-corrected chi connectivity index (χ1v) is 6.69. The van der Waals surface area contributed by atoms with E-state index in [9.17, 15) is 0 Å². The first kappa shape index (κ1) is 9.79. The molecule has 13 heavy (non-hydrogen) atoms. The molecule has 0 spiro atoms. The molecule has 1 aromatic carbocycles. The largest absolute Gasteiger partial charge is 0.271 e. The molecule has 2 rings (SSSR count). The smallest absolute Gasteiger partial charge is 0.107 e. The fourth-order valence-electron chi connectivity index (χ4n) is 1.18. The fraction of sp³-hybridized carbons (Fsp3) is 0.125. The van der Waals surface area contributed by atoms with Crippen LogP contribution >= 0.6 is 50.3 Å². The summed E-state index contributed by atoms with van der Waals surface area (Å²) in [6.07, 6.45) is 2.06. The van der Waals surface area contributed by atoms with Crippen molar-refractivity contribution in [1.29, 1.82) is 0 Å². The van der Waals surface area contributed by atoms with E-state index in [-0.39, 0.29) is 0 Å². The van der Waals surface area contributed by atoms with Crippen molar-refractivity contribution in [2.45, 2.75) is 4.90 Å². The number of hydrogen-bond donors (Lipinski definition) is 1. The van der Waals surface area contributed by atoms with E-state index in [1.807, 2.05) is 0 Å². The molecule has 2 aromatic rings. The average Bonchev–Trinajstić information content (AvgIpc) is 2.47. The van der Waals surface area contributed by atoms with Crippen molar-refractivity contribution in [2.24, 2.45) is 0 Å². The second-order valence-electron chi connectivity index (χ2n) is 2.54. The Balaban J connectivity index is 2.84. The Bertz CT molecular complexity index is 455. The van der Waals surface area contributed by atoms with Gasteiger partial charge in [0.2, 0.25) is 0 Å². The molecule has 0 aliphatic heterocycles. The van der Waals surface area contributed by atoms with Crippen LogP contribution < -0.4 is 0 Å². The standard InChI is InChI=1S/C8H6BrIN2S/c1-13-6-3-4(9)2-5-7(6)11-12-8(5)10/h2-3H,1H3,(H,11,12). The molecule has 0 saturated carbocycles. The zero-order valence-corrected chi connectivity index (χ0v) is 11.3. The van der Waals surface area contributed by atoms with Crippen LogP contribution in [-0.2, 0) is 0 Å². The first-order valence-electron chi connectivity index (χ1n) is 3.59. The maximum atomic E-state index is 4.26. The number of benzene rings is 1. The van der Waals surface area contributed by atoms with Crippen molar-refractivity contribution >= 4 is 61.2 Å². The van der Waals surface area contributed by atoms with Gasteiger partial charge in [0.25, 0.3) is 0 Å². The van der Waals surface area contributed by atoms with Crippen molar-refractivity contribution in [3.63, 3.8) is 0 Å². The molecule has 0 atom stereocenters. The van der Waals surface area contributed by atoms with Crippen LogP contribution in [-0.4, -0.2) is 16.5 Å². The Morgan fingerprint density at radius 2 is 2.31 bits per heavy atom. The summed E-state index contributed by atoms with van der Waals surface area (Å²) < 4.78 is 2.19. The van der Waals surface area contributed by atoms with Gasteiger partial charge in [-0.05, 0) is 41.0 Å². The lowest BCUT2D eigenvalue weighted by atomic mass is 10.3. The Morgan fingerprint density at radius 3 is 3.00 bits per heavy atom. The van der Waals surface area contributed by atoms with Crippen LogP contribution in [0.4, 0.5) is 0 Å². The average molecular weight is 369 g/mol. The lowest BCUT2D eigenvalue weighted by molar-refractivity contribution is 1.08. The van der Waals surface area contributed by atoms with Gasteiger partial charge in [-0.1, -0.05) is 15.9 Å². The predicted octanol–water partition coefficient (Wildman–Crippen LogP) is 3.65. The molecule has 0 aliphatic rings. The number of aromatic amines is 1. The number of nitrogens with zero attached hydrogens (tertiary/aromatic N) is 1. The molecule has 5 heteroatoms. The monoisotopic (exact) mass is 368 g/mol. The van der Waals surface area contributed by atoms with Crippen molar-refractivity contribution in [1.82, 2.24) is 10.2 Å². The highest BCUT2D eigenvalue weighted by Crippen LogP contribution is 2.30. The summed E-state index contributed by atoms with van der Waals surface area (Å²) in [5.41, 5.74) is 1.06. The lowest BCUT2D eigenvalue weighted by Gasteiger charge is -1.98. The third-order valence-corrected chi connectivity index (χ3v) is 3.79. The third kappa shape index (κ3) is 1.73.